The lowest BCUT2D eigenvalue weighted by Gasteiger charge is -2.15. The largest absolute Gasteiger partial charge is 0.489 e. The van der Waals surface area contributed by atoms with Crippen LogP contribution in [0.3, 0.4) is 0 Å². The predicted octanol–water partition coefficient (Wildman–Crippen LogP) is 5.37. The van der Waals surface area contributed by atoms with Crippen molar-refractivity contribution in [3.8, 4) is 5.75 Å². The minimum Gasteiger partial charge on any atom is -0.489 e. The molecule has 2 N–H and O–H groups in total. The van der Waals surface area contributed by atoms with Crippen LogP contribution in [0.5, 0.6) is 5.75 Å². The highest BCUT2D eigenvalue weighted by atomic mass is 16.5. The Kier molecular flexibility index (Phi) is 5.37. The highest BCUT2D eigenvalue weighted by Gasteiger charge is 2.07. The fourth-order valence-corrected chi connectivity index (χ4v) is 2.73. The SMILES string of the molecule is Cc1cc(C)cc(Nc2nccc(Nc3ccccc3OC(C)C)n2)c1. The predicted molar refractivity (Wildman–Crippen MR) is 107 cm³/mol. The van der Waals surface area contributed by atoms with Gasteiger partial charge in [-0.25, -0.2) is 4.98 Å². The summed E-state index contributed by atoms with van der Waals surface area (Å²) in [6, 6.07) is 15.9. The van der Waals surface area contributed by atoms with Gasteiger partial charge in [-0.1, -0.05) is 18.2 Å². The number of ether oxygens (including phenoxy) is 1. The van der Waals surface area contributed by atoms with Gasteiger partial charge in [0.05, 0.1) is 11.8 Å². The Labute approximate surface area is 154 Å². The number of anilines is 4. The summed E-state index contributed by atoms with van der Waals surface area (Å²) in [7, 11) is 0. The maximum atomic E-state index is 5.85. The molecule has 0 radical (unpaired) electrons. The van der Waals surface area contributed by atoms with E-state index in [9.17, 15) is 0 Å². The second kappa shape index (κ2) is 7.87. The average molecular weight is 348 g/mol. The summed E-state index contributed by atoms with van der Waals surface area (Å²) < 4.78 is 5.85. The zero-order valence-corrected chi connectivity index (χ0v) is 15.6. The van der Waals surface area contributed by atoms with Crippen LogP contribution in [-0.2, 0) is 0 Å². The van der Waals surface area contributed by atoms with Crippen molar-refractivity contribution in [1.82, 2.24) is 9.97 Å². The molecule has 0 aliphatic rings. The molecule has 0 bridgehead atoms. The zero-order valence-electron chi connectivity index (χ0n) is 15.6. The third kappa shape index (κ3) is 4.72. The van der Waals surface area contributed by atoms with Gasteiger partial charge in [-0.2, -0.15) is 4.98 Å². The normalized spacial score (nSPS) is 10.7. The average Bonchev–Trinajstić information content (AvgIpc) is 2.55. The molecule has 0 saturated heterocycles. The fourth-order valence-electron chi connectivity index (χ4n) is 2.73. The van der Waals surface area contributed by atoms with Crippen molar-refractivity contribution in [1.29, 1.82) is 0 Å². The van der Waals surface area contributed by atoms with Crippen LogP contribution < -0.4 is 15.4 Å². The van der Waals surface area contributed by atoms with Gasteiger partial charge in [0.25, 0.3) is 0 Å². The highest BCUT2D eigenvalue weighted by Crippen LogP contribution is 2.28. The number of hydrogen-bond donors (Lipinski definition) is 2. The number of benzene rings is 2. The fraction of sp³-hybridized carbons (Fsp3) is 0.238. The lowest BCUT2D eigenvalue weighted by atomic mass is 10.1. The molecule has 5 heteroatoms. The first-order chi connectivity index (χ1) is 12.5. The smallest absolute Gasteiger partial charge is 0.229 e. The molecule has 0 aliphatic heterocycles. The monoisotopic (exact) mass is 348 g/mol. The summed E-state index contributed by atoms with van der Waals surface area (Å²) >= 11 is 0. The van der Waals surface area contributed by atoms with Crippen LogP contribution in [0, 0.1) is 13.8 Å². The second-order valence-electron chi connectivity index (χ2n) is 6.55. The molecular formula is C21H24N4O. The van der Waals surface area contributed by atoms with Crippen molar-refractivity contribution < 1.29 is 4.74 Å². The summed E-state index contributed by atoms with van der Waals surface area (Å²) in [5.41, 5.74) is 4.24. The molecule has 0 fully saturated rings. The quantitative estimate of drug-likeness (QED) is 0.627. The van der Waals surface area contributed by atoms with Crippen LogP contribution in [0.4, 0.5) is 23.1 Å². The molecule has 0 aliphatic carbocycles. The summed E-state index contributed by atoms with van der Waals surface area (Å²) in [6.07, 6.45) is 1.83. The molecule has 3 rings (SSSR count). The molecule has 0 atom stereocenters. The van der Waals surface area contributed by atoms with E-state index in [4.69, 9.17) is 4.74 Å². The summed E-state index contributed by atoms with van der Waals surface area (Å²) in [6.45, 7) is 8.16. The van der Waals surface area contributed by atoms with Crippen molar-refractivity contribution in [3.63, 3.8) is 0 Å². The van der Waals surface area contributed by atoms with E-state index in [-0.39, 0.29) is 6.10 Å². The summed E-state index contributed by atoms with van der Waals surface area (Å²) in [4.78, 5) is 8.87. The molecule has 0 amide bonds. The molecule has 0 unspecified atom stereocenters. The van der Waals surface area contributed by atoms with Crippen molar-refractivity contribution in [3.05, 3.63) is 65.9 Å². The molecule has 0 saturated carbocycles. The maximum absolute atomic E-state index is 5.85. The summed E-state index contributed by atoms with van der Waals surface area (Å²) in [5.74, 6) is 2.04. The van der Waals surface area contributed by atoms with Gasteiger partial charge in [0.1, 0.15) is 11.6 Å². The van der Waals surface area contributed by atoms with Crippen molar-refractivity contribution >= 4 is 23.1 Å². The molecule has 1 aromatic heterocycles. The van der Waals surface area contributed by atoms with Crippen molar-refractivity contribution in [2.24, 2.45) is 0 Å². The molecule has 5 nitrogen and oxygen atoms in total. The number of aromatic nitrogens is 2. The number of aryl methyl sites for hydroxylation is 2. The molecular weight excluding hydrogens is 324 g/mol. The van der Waals surface area contributed by atoms with E-state index >= 15 is 0 Å². The molecule has 3 aromatic rings. The Morgan fingerprint density at radius 2 is 1.65 bits per heavy atom. The van der Waals surface area contributed by atoms with Crippen LogP contribution in [-0.4, -0.2) is 16.1 Å². The zero-order chi connectivity index (χ0) is 18.5. The van der Waals surface area contributed by atoms with E-state index < -0.39 is 0 Å². The lowest BCUT2D eigenvalue weighted by molar-refractivity contribution is 0.244. The third-order valence-electron chi connectivity index (χ3n) is 3.65. The van der Waals surface area contributed by atoms with Crippen LogP contribution in [0.1, 0.15) is 25.0 Å². The first-order valence-electron chi connectivity index (χ1n) is 8.70. The van der Waals surface area contributed by atoms with Gasteiger partial charge in [-0.05, 0) is 69.2 Å². The molecule has 0 spiro atoms. The minimum absolute atomic E-state index is 0.102. The van der Waals surface area contributed by atoms with Gasteiger partial charge in [-0.3, -0.25) is 0 Å². The number of nitrogens with zero attached hydrogens (tertiary/aromatic N) is 2. The number of para-hydroxylation sites is 2. The molecule has 2 aromatic carbocycles. The Balaban J connectivity index is 1.80. The van der Waals surface area contributed by atoms with Gasteiger partial charge in [-0.15, -0.1) is 0 Å². The molecule has 134 valence electrons. The Morgan fingerprint density at radius 3 is 2.38 bits per heavy atom. The van der Waals surface area contributed by atoms with Crippen molar-refractivity contribution in [2.45, 2.75) is 33.8 Å². The number of nitrogens with one attached hydrogen (secondary N) is 2. The minimum atomic E-state index is 0.102. The van der Waals surface area contributed by atoms with Crippen LogP contribution in [0.25, 0.3) is 0 Å². The van der Waals surface area contributed by atoms with E-state index in [1.807, 2.05) is 44.2 Å². The number of rotatable bonds is 6. The second-order valence-corrected chi connectivity index (χ2v) is 6.55. The van der Waals surface area contributed by atoms with Crippen LogP contribution in [0.15, 0.2) is 54.7 Å². The third-order valence-corrected chi connectivity index (χ3v) is 3.65. The standard InChI is InChI=1S/C21H24N4O/c1-14(2)26-19-8-6-5-7-18(19)24-20-9-10-22-21(25-20)23-17-12-15(3)11-16(4)13-17/h5-14H,1-4H3,(H2,22,23,24,25). The topological polar surface area (TPSA) is 59.1 Å². The number of hydrogen-bond acceptors (Lipinski definition) is 5. The van der Waals surface area contributed by atoms with Gasteiger partial charge >= 0.3 is 0 Å². The van der Waals surface area contributed by atoms with Crippen molar-refractivity contribution in [2.75, 3.05) is 10.6 Å². The molecule has 1 heterocycles. The van der Waals surface area contributed by atoms with E-state index in [0.717, 1.165) is 17.1 Å². The lowest BCUT2D eigenvalue weighted by Crippen LogP contribution is -2.08. The van der Waals surface area contributed by atoms with E-state index in [0.29, 0.717) is 11.8 Å². The van der Waals surface area contributed by atoms with Crippen LogP contribution in [0.2, 0.25) is 0 Å². The Hall–Kier alpha value is -3.08. The first kappa shape index (κ1) is 17.7. The van der Waals surface area contributed by atoms with E-state index in [1.54, 1.807) is 6.20 Å². The van der Waals surface area contributed by atoms with Gasteiger partial charge in [0.2, 0.25) is 5.95 Å². The van der Waals surface area contributed by atoms with Crippen LogP contribution >= 0.6 is 0 Å². The first-order valence-corrected chi connectivity index (χ1v) is 8.70. The highest BCUT2D eigenvalue weighted by molar-refractivity contribution is 5.65. The Bertz CT molecular complexity index is 872. The van der Waals surface area contributed by atoms with Gasteiger partial charge in [0.15, 0.2) is 0 Å². The van der Waals surface area contributed by atoms with Gasteiger partial charge < -0.3 is 15.4 Å². The summed E-state index contributed by atoms with van der Waals surface area (Å²) in [5, 5.41) is 6.58. The van der Waals surface area contributed by atoms with Gasteiger partial charge in [0, 0.05) is 11.9 Å². The van der Waals surface area contributed by atoms with E-state index in [1.165, 1.54) is 11.1 Å². The Morgan fingerprint density at radius 1 is 0.923 bits per heavy atom. The molecule has 26 heavy (non-hydrogen) atoms. The maximum Gasteiger partial charge on any atom is 0.229 e. The van der Waals surface area contributed by atoms with E-state index in [2.05, 4.69) is 52.6 Å².